The van der Waals surface area contributed by atoms with Crippen LogP contribution in [0.2, 0.25) is 0 Å². The van der Waals surface area contributed by atoms with Crippen LogP contribution in [0, 0.1) is 6.92 Å². The maximum atomic E-state index is 11.6. The van der Waals surface area contributed by atoms with Gasteiger partial charge in [-0.3, -0.25) is 4.79 Å². The minimum absolute atomic E-state index is 0.516. The number of benzene rings is 1. The van der Waals surface area contributed by atoms with Crippen LogP contribution in [0.4, 0.5) is 0 Å². The van der Waals surface area contributed by atoms with Crippen LogP contribution >= 0.6 is 11.3 Å². The molecule has 3 aromatic rings. The number of carbonyl (C=O) groups excluding carboxylic acids is 1. The molecule has 4 rings (SSSR count). The zero-order valence-corrected chi connectivity index (χ0v) is 13.2. The highest BCUT2D eigenvalue weighted by Gasteiger charge is 2.29. The van der Waals surface area contributed by atoms with Crippen molar-refractivity contribution < 1.29 is 9.53 Å². The molecule has 5 nitrogen and oxygen atoms in total. The van der Waals surface area contributed by atoms with Crippen LogP contribution in [0.5, 0.6) is 5.75 Å². The average Bonchev–Trinajstić information content (AvgIpc) is 3.19. The fourth-order valence-electron chi connectivity index (χ4n) is 2.62. The fourth-order valence-corrected chi connectivity index (χ4v) is 3.69. The Kier molecular flexibility index (Phi) is 3.00. The molecule has 0 aliphatic heterocycles. The largest absolute Gasteiger partial charge is 0.496 e. The Morgan fingerprint density at radius 1 is 1.41 bits per heavy atom. The lowest BCUT2D eigenvalue weighted by atomic mass is 10.1. The van der Waals surface area contributed by atoms with E-state index in [-0.39, 0.29) is 0 Å². The van der Waals surface area contributed by atoms with E-state index in [4.69, 9.17) is 4.74 Å². The van der Waals surface area contributed by atoms with Crippen molar-refractivity contribution in [3.8, 4) is 17.0 Å². The molecule has 0 unspecified atom stereocenters. The Labute approximate surface area is 131 Å². The highest BCUT2D eigenvalue weighted by molar-refractivity contribution is 7.16. The van der Waals surface area contributed by atoms with Gasteiger partial charge in [0.1, 0.15) is 22.1 Å². The van der Waals surface area contributed by atoms with E-state index in [2.05, 4.69) is 10.1 Å². The Balaban J connectivity index is 1.85. The summed E-state index contributed by atoms with van der Waals surface area (Å²) in [5, 5.41) is 5.65. The number of carbonyl (C=O) groups is 1. The molecule has 2 aromatic heterocycles. The average molecular weight is 313 g/mol. The number of ether oxygens (including phenoxy) is 1. The van der Waals surface area contributed by atoms with Crippen LogP contribution in [-0.4, -0.2) is 28.0 Å². The summed E-state index contributed by atoms with van der Waals surface area (Å²) in [4.78, 5) is 17.0. The van der Waals surface area contributed by atoms with Crippen molar-refractivity contribution in [2.75, 3.05) is 7.11 Å². The molecule has 1 aliphatic carbocycles. The van der Waals surface area contributed by atoms with Gasteiger partial charge in [0.25, 0.3) is 0 Å². The van der Waals surface area contributed by atoms with Gasteiger partial charge in [-0.25, -0.2) is 4.98 Å². The van der Waals surface area contributed by atoms with E-state index in [9.17, 15) is 4.79 Å². The minimum atomic E-state index is 0.516. The number of hydrogen-bond acceptors (Lipinski definition) is 5. The van der Waals surface area contributed by atoms with Gasteiger partial charge in [0, 0.05) is 11.5 Å². The first-order valence-electron chi connectivity index (χ1n) is 7.21. The van der Waals surface area contributed by atoms with E-state index in [1.807, 2.05) is 25.1 Å². The smallest absolute Gasteiger partial charge is 0.213 e. The standard InChI is InChI=1S/C16H15N3O2S/c1-9-7-11(5-6-13(9)21-2)14-12(8-20)19-16(17-14)22-15(18-19)10-3-4-10/h5-8,10H,3-4H2,1-2H3. The maximum absolute atomic E-state index is 11.6. The first kappa shape index (κ1) is 13.5. The van der Waals surface area contributed by atoms with E-state index in [1.54, 1.807) is 23.0 Å². The van der Waals surface area contributed by atoms with Gasteiger partial charge in [0.05, 0.1) is 7.11 Å². The van der Waals surface area contributed by atoms with Gasteiger partial charge >= 0.3 is 0 Å². The lowest BCUT2D eigenvalue weighted by Gasteiger charge is -2.06. The molecule has 22 heavy (non-hydrogen) atoms. The molecule has 6 heteroatoms. The fraction of sp³-hybridized carbons (Fsp3) is 0.312. The Morgan fingerprint density at radius 2 is 2.23 bits per heavy atom. The summed E-state index contributed by atoms with van der Waals surface area (Å²) in [6, 6.07) is 5.81. The summed E-state index contributed by atoms with van der Waals surface area (Å²) in [6.45, 7) is 1.98. The van der Waals surface area contributed by atoms with Crippen molar-refractivity contribution in [3.05, 3.63) is 34.5 Å². The molecule has 1 saturated carbocycles. The van der Waals surface area contributed by atoms with Gasteiger partial charge < -0.3 is 4.74 Å². The van der Waals surface area contributed by atoms with Gasteiger partial charge in [0.15, 0.2) is 6.29 Å². The van der Waals surface area contributed by atoms with Crippen molar-refractivity contribution >= 4 is 22.6 Å². The molecule has 0 amide bonds. The summed E-state index contributed by atoms with van der Waals surface area (Å²) in [6.07, 6.45) is 3.22. The zero-order chi connectivity index (χ0) is 15.3. The normalized spacial score (nSPS) is 14.5. The summed E-state index contributed by atoms with van der Waals surface area (Å²) in [7, 11) is 1.65. The molecule has 0 saturated heterocycles. The predicted molar refractivity (Wildman–Crippen MR) is 85.0 cm³/mol. The number of hydrogen-bond donors (Lipinski definition) is 0. The van der Waals surface area contributed by atoms with Gasteiger partial charge in [0.2, 0.25) is 4.96 Å². The molecule has 1 aromatic carbocycles. The number of nitrogens with zero attached hydrogens (tertiary/aromatic N) is 3. The van der Waals surface area contributed by atoms with Crippen LogP contribution in [0.15, 0.2) is 18.2 Å². The van der Waals surface area contributed by atoms with E-state index >= 15 is 0 Å². The van der Waals surface area contributed by atoms with Crippen molar-refractivity contribution in [2.24, 2.45) is 0 Å². The molecule has 1 fully saturated rings. The lowest BCUT2D eigenvalue weighted by molar-refractivity contribution is 0.111. The van der Waals surface area contributed by atoms with Crippen molar-refractivity contribution in [1.29, 1.82) is 0 Å². The van der Waals surface area contributed by atoms with Crippen LogP contribution in [0.1, 0.15) is 39.8 Å². The first-order chi connectivity index (χ1) is 10.7. The quantitative estimate of drug-likeness (QED) is 0.692. The molecule has 0 bridgehead atoms. The van der Waals surface area contributed by atoms with E-state index < -0.39 is 0 Å². The molecule has 2 heterocycles. The Hall–Kier alpha value is -2.21. The van der Waals surface area contributed by atoms with Crippen molar-refractivity contribution in [3.63, 3.8) is 0 Å². The molecule has 1 aliphatic rings. The van der Waals surface area contributed by atoms with E-state index in [0.29, 0.717) is 17.3 Å². The number of aryl methyl sites for hydroxylation is 1. The number of aromatic nitrogens is 3. The number of methoxy groups -OCH3 is 1. The van der Waals surface area contributed by atoms with Crippen LogP contribution in [-0.2, 0) is 0 Å². The third-order valence-corrected chi connectivity index (χ3v) is 5.03. The highest BCUT2D eigenvalue weighted by Crippen LogP contribution is 2.42. The monoisotopic (exact) mass is 313 g/mol. The second kappa shape index (κ2) is 4.91. The summed E-state index contributed by atoms with van der Waals surface area (Å²) >= 11 is 1.58. The Morgan fingerprint density at radius 3 is 2.86 bits per heavy atom. The molecule has 0 atom stereocenters. The summed E-state index contributed by atoms with van der Waals surface area (Å²) < 4.78 is 6.96. The van der Waals surface area contributed by atoms with Gasteiger partial charge in [-0.1, -0.05) is 11.3 Å². The lowest BCUT2D eigenvalue weighted by Crippen LogP contribution is -1.95. The van der Waals surface area contributed by atoms with Crippen molar-refractivity contribution in [2.45, 2.75) is 25.7 Å². The first-order valence-corrected chi connectivity index (χ1v) is 8.02. The molecular formula is C16H15N3O2S. The number of rotatable bonds is 4. The van der Waals surface area contributed by atoms with E-state index in [1.165, 1.54) is 12.8 Å². The third kappa shape index (κ3) is 2.02. The third-order valence-electron chi connectivity index (χ3n) is 3.96. The van der Waals surface area contributed by atoms with Crippen LogP contribution in [0.3, 0.4) is 0 Å². The van der Waals surface area contributed by atoms with Crippen LogP contribution < -0.4 is 4.74 Å². The topological polar surface area (TPSA) is 56.5 Å². The molecule has 0 radical (unpaired) electrons. The van der Waals surface area contributed by atoms with Crippen LogP contribution in [0.25, 0.3) is 16.2 Å². The minimum Gasteiger partial charge on any atom is -0.496 e. The summed E-state index contributed by atoms with van der Waals surface area (Å²) in [5.41, 5.74) is 3.12. The molecule has 112 valence electrons. The van der Waals surface area contributed by atoms with Gasteiger partial charge in [-0.05, 0) is 43.5 Å². The second-order valence-corrected chi connectivity index (χ2v) is 6.54. The molecular weight excluding hydrogens is 298 g/mol. The number of imidazole rings is 1. The number of aldehydes is 1. The second-order valence-electron chi connectivity index (χ2n) is 5.56. The van der Waals surface area contributed by atoms with Crippen molar-refractivity contribution in [1.82, 2.24) is 14.6 Å². The van der Waals surface area contributed by atoms with Gasteiger partial charge in [-0.15, -0.1) is 0 Å². The summed E-state index contributed by atoms with van der Waals surface area (Å²) in [5.74, 6) is 1.39. The predicted octanol–water partition coefficient (Wildman–Crippen LogP) is 3.46. The molecule has 0 spiro atoms. The maximum Gasteiger partial charge on any atom is 0.213 e. The van der Waals surface area contributed by atoms with Gasteiger partial charge in [-0.2, -0.15) is 9.61 Å². The highest BCUT2D eigenvalue weighted by atomic mass is 32.1. The van der Waals surface area contributed by atoms with E-state index in [0.717, 1.165) is 33.1 Å². The SMILES string of the molecule is COc1ccc(-c2nc3sc(C4CC4)nn3c2C=O)cc1C. The molecule has 0 N–H and O–H groups in total. The zero-order valence-electron chi connectivity index (χ0n) is 12.4. The Bertz CT molecular complexity index is 877. The number of fused-ring (bicyclic) bond motifs is 1.